The number of amides is 1. The summed E-state index contributed by atoms with van der Waals surface area (Å²) in [5.74, 6) is -0.432. The summed E-state index contributed by atoms with van der Waals surface area (Å²) in [5.41, 5.74) is 2.98. The maximum absolute atomic E-state index is 13.3. The summed E-state index contributed by atoms with van der Waals surface area (Å²) in [6.07, 6.45) is 1.88. The molecule has 1 aromatic heterocycles. The van der Waals surface area contributed by atoms with E-state index in [1.165, 1.54) is 23.5 Å². The average Bonchev–Trinajstić information content (AvgIpc) is 2.86. The predicted molar refractivity (Wildman–Crippen MR) is 84.5 cm³/mol. The van der Waals surface area contributed by atoms with Gasteiger partial charge in [0.05, 0.1) is 0 Å². The molecule has 4 heteroatoms. The standard InChI is InChI=1S/C18H21FN2O/c1-13-6-7-14(2)21(13)17-8-10-20(11-9-17)18(22)15-4-3-5-16(19)12-15/h3-7,12,17H,8-11H2,1-2H3. The number of hydrogen-bond acceptors (Lipinski definition) is 1. The van der Waals surface area contributed by atoms with Gasteiger partial charge < -0.3 is 9.47 Å². The second-order valence-electron chi connectivity index (χ2n) is 6.02. The molecule has 0 unspecified atom stereocenters. The fourth-order valence-electron chi connectivity index (χ4n) is 3.39. The molecule has 0 saturated carbocycles. The summed E-state index contributed by atoms with van der Waals surface area (Å²) in [6, 6.07) is 10.7. The van der Waals surface area contributed by atoms with Crippen LogP contribution in [0.2, 0.25) is 0 Å². The first kappa shape index (κ1) is 14.8. The van der Waals surface area contributed by atoms with E-state index in [1.54, 1.807) is 12.1 Å². The average molecular weight is 300 g/mol. The minimum Gasteiger partial charge on any atom is -0.346 e. The van der Waals surface area contributed by atoms with Gasteiger partial charge in [0.2, 0.25) is 0 Å². The number of carbonyl (C=O) groups excluding carboxylic acids is 1. The minimum atomic E-state index is -0.362. The third kappa shape index (κ3) is 2.78. The lowest BCUT2D eigenvalue weighted by Crippen LogP contribution is -2.39. The predicted octanol–water partition coefficient (Wildman–Crippen LogP) is 3.72. The molecule has 0 bridgehead atoms. The number of halogens is 1. The second kappa shape index (κ2) is 5.95. The third-order valence-corrected chi connectivity index (χ3v) is 4.51. The fraction of sp³-hybridized carbons (Fsp3) is 0.389. The van der Waals surface area contributed by atoms with Crippen LogP contribution in [0.25, 0.3) is 0 Å². The number of aromatic nitrogens is 1. The number of aryl methyl sites for hydroxylation is 2. The van der Waals surface area contributed by atoms with Gasteiger partial charge >= 0.3 is 0 Å². The summed E-state index contributed by atoms with van der Waals surface area (Å²) in [4.78, 5) is 14.3. The van der Waals surface area contributed by atoms with Gasteiger partial charge in [-0.2, -0.15) is 0 Å². The van der Waals surface area contributed by atoms with Crippen molar-refractivity contribution in [2.45, 2.75) is 32.7 Å². The molecule has 0 aliphatic carbocycles. The number of hydrogen-bond donors (Lipinski definition) is 0. The fourth-order valence-corrected chi connectivity index (χ4v) is 3.39. The van der Waals surface area contributed by atoms with Gasteiger partial charge in [-0.1, -0.05) is 6.07 Å². The molecule has 22 heavy (non-hydrogen) atoms. The Morgan fingerprint density at radius 2 is 1.73 bits per heavy atom. The Morgan fingerprint density at radius 1 is 1.09 bits per heavy atom. The van der Waals surface area contributed by atoms with E-state index in [0.29, 0.717) is 11.6 Å². The van der Waals surface area contributed by atoms with Gasteiger partial charge in [-0.15, -0.1) is 0 Å². The van der Waals surface area contributed by atoms with Crippen molar-refractivity contribution >= 4 is 5.91 Å². The molecule has 2 aromatic rings. The molecule has 0 atom stereocenters. The molecule has 1 fully saturated rings. The quantitative estimate of drug-likeness (QED) is 0.830. The molecular formula is C18H21FN2O. The zero-order valence-corrected chi connectivity index (χ0v) is 13.1. The van der Waals surface area contributed by atoms with Gasteiger partial charge in [0.1, 0.15) is 5.82 Å². The van der Waals surface area contributed by atoms with E-state index in [-0.39, 0.29) is 11.7 Å². The van der Waals surface area contributed by atoms with Crippen molar-refractivity contribution in [2.24, 2.45) is 0 Å². The van der Waals surface area contributed by atoms with E-state index < -0.39 is 0 Å². The van der Waals surface area contributed by atoms with Crippen molar-refractivity contribution in [1.29, 1.82) is 0 Å². The Kier molecular flexibility index (Phi) is 4.01. The van der Waals surface area contributed by atoms with E-state index in [1.807, 2.05) is 4.90 Å². The Bertz CT molecular complexity index is 665. The second-order valence-corrected chi connectivity index (χ2v) is 6.02. The molecule has 1 aliphatic heterocycles. The monoisotopic (exact) mass is 300 g/mol. The summed E-state index contributed by atoms with van der Waals surface area (Å²) >= 11 is 0. The highest BCUT2D eigenvalue weighted by atomic mass is 19.1. The van der Waals surface area contributed by atoms with Gasteiger partial charge in [0.15, 0.2) is 0 Å². The number of nitrogens with zero attached hydrogens (tertiary/aromatic N) is 2. The van der Waals surface area contributed by atoms with E-state index in [2.05, 4.69) is 30.5 Å². The summed E-state index contributed by atoms with van der Waals surface area (Å²) in [6.45, 7) is 5.68. The van der Waals surface area contributed by atoms with Crippen molar-refractivity contribution < 1.29 is 9.18 Å². The number of benzene rings is 1. The summed E-state index contributed by atoms with van der Waals surface area (Å²) < 4.78 is 15.6. The molecule has 3 nitrogen and oxygen atoms in total. The molecule has 0 N–H and O–H groups in total. The molecule has 3 rings (SSSR count). The lowest BCUT2D eigenvalue weighted by molar-refractivity contribution is 0.0693. The molecule has 0 radical (unpaired) electrons. The van der Waals surface area contributed by atoms with E-state index in [9.17, 15) is 9.18 Å². The normalized spacial score (nSPS) is 16.0. The first-order valence-electron chi connectivity index (χ1n) is 7.75. The largest absolute Gasteiger partial charge is 0.346 e. The van der Waals surface area contributed by atoms with Gasteiger partial charge in [-0.25, -0.2) is 4.39 Å². The van der Waals surface area contributed by atoms with E-state index in [4.69, 9.17) is 0 Å². The van der Waals surface area contributed by atoms with Gasteiger partial charge in [0.25, 0.3) is 5.91 Å². The van der Waals surface area contributed by atoms with Crippen LogP contribution in [0.4, 0.5) is 4.39 Å². The first-order valence-corrected chi connectivity index (χ1v) is 7.75. The van der Waals surface area contributed by atoms with Crippen molar-refractivity contribution in [3.8, 4) is 0 Å². The third-order valence-electron chi connectivity index (χ3n) is 4.51. The van der Waals surface area contributed by atoms with Crippen molar-refractivity contribution in [2.75, 3.05) is 13.1 Å². The molecule has 1 amide bonds. The first-order chi connectivity index (χ1) is 10.6. The van der Waals surface area contributed by atoms with Crippen LogP contribution in [0, 0.1) is 19.7 Å². The van der Waals surface area contributed by atoms with Gasteiger partial charge in [-0.05, 0) is 57.0 Å². The summed E-state index contributed by atoms with van der Waals surface area (Å²) in [7, 11) is 0. The lowest BCUT2D eigenvalue weighted by atomic mass is 10.0. The number of rotatable bonds is 2. The Hall–Kier alpha value is -2.10. The topological polar surface area (TPSA) is 25.2 Å². The van der Waals surface area contributed by atoms with Crippen LogP contribution in [-0.2, 0) is 0 Å². The lowest BCUT2D eigenvalue weighted by Gasteiger charge is -2.34. The maximum atomic E-state index is 13.3. The Labute approximate surface area is 130 Å². The number of likely N-dealkylation sites (tertiary alicyclic amines) is 1. The molecule has 116 valence electrons. The van der Waals surface area contributed by atoms with Crippen LogP contribution in [0.1, 0.15) is 40.6 Å². The highest BCUT2D eigenvalue weighted by molar-refractivity contribution is 5.94. The SMILES string of the molecule is Cc1ccc(C)n1C1CCN(C(=O)c2cccc(F)c2)CC1. The van der Waals surface area contributed by atoms with Crippen molar-refractivity contribution in [1.82, 2.24) is 9.47 Å². The highest BCUT2D eigenvalue weighted by Gasteiger charge is 2.25. The molecule has 1 aliphatic rings. The zero-order valence-electron chi connectivity index (χ0n) is 13.1. The Morgan fingerprint density at radius 3 is 2.32 bits per heavy atom. The van der Waals surface area contributed by atoms with Crippen LogP contribution in [-0.4, -0.2) is 28.5 Å². The van der Waals surface area contributed by atoms with E-state index in [0.717, 1.165) is 25.9 Å². The summed E-state index contributed by atoms with van der Waals surface area (Å²) in [5, 5.41) is 0. The van der Waals surface area contributed by atoms with Gasteiger partial charge in [0, 0.05) is 36.1 Å². The minimum absolute atomic E-state index is 0.0705. The Balaban J connectivity index is 1.68. The van der Waals surface area contributed by atoms with Crippen LogP contribution >= 0.6 is 0 Å². The molecule has 1 saturated heterocycles. The van der Waals surface area contributed by atoms with Crippen LogP contribution < -0.4 is 0 Å². The maximum Gasteiger partial charge on any atom is 0.253 e. The van der Waals surface area contributed by atoms with Crippen LogP contribution in [0.15, 0.2) is 36.4 Å². The zero-order chi connectivity index (χ0) is 15.7. The molecule has 1 aromatic carbocycles. The molecular weight excluding hydrogens is 279 g/mol. The molecule has 2 heterocycles. The van der Waals surface area contributed by atoms with Gasteiger partial charge in [-0.3, -0.25) is 4.79 Å². The molecule has 0 spiro atoms. The van der Waals surface area contributed by atoms with Crippen LogP contribution in [0.5, 0.6) is 0 Å². The number of carbonyl (C=O) groups is 1. The number of piperidine rings is 1. The van der Waals surface area contributed by atoms with Crippen molar-refractivity contribution in [3.63, 3.8) is 0 Å². The van der Waals surface area contributed by atoms with Crippen LogP contribution in [0.3, 0.4) is 0 Å². The van der Waals surface area contributed by atoms with Crippen molar-refractivity contribution in [3.05, 3.63) is 59.2 Å². The van der Waals surface area contributed by atoms with E-state index >= 15 is 0 Å². The highest BCUT2D eigenvalue weighted by Crippen LogP contribution is 2.27. The smallest absolute Gasteiger partial charge is 0.253 e.